The van der Waals surface area contributed by atoms with Crippen LogP contribution in [0, 0.1) is 11.8 Å². The molecule has 0 aliphatic rings. The van der Waals surface area contributed by atoms with Crippen LogP contribution in [0.15, 0.2) is 48.5 Å². The number of carbonyl (C=O) groups excluding carboxylic acids is 1. The Labute approximate surface area is 194 Å². The zero-order valence-corrected chi connectivity index (χ0v) is 20.0. The van der Waals surface area contributed by atoms with Gasteiger partial charge in [-0.3, -0.25) is 0 Å². The third-order valence-corrected chi connectivity index (χ3v) is 5.48. The minimum Gasteiger partial charge on any atom is -0.494 e. The van der Waals surface area contributed by atoms with E-state index in [0.29, 0.717) is 5.56 Å². The summed E-state index contributed by atoms with van der Waals surface area (Å²) in [7, 11) is 0. The number of unbranched alkanes of at least 4 members (excludes halogenated alkanes) is 7. The van der Waals surface area contributed by atoms with Gasteiger partial charge in [0.25, 0.3) is 0 Å². The number of esters is 1. The van der Waals surface area contributed by atoms with Crippen molar-refractivity contribution in [3.63, 3.8) is 0 Å². The van der Waals surface area contributed by atoms with Crippen LogP contribution >= 0.6 is 0 Å². The third kappa shape index (κ3) is 10.1. The lowest BCUT2D eigenvalue weighted by atomic mass is 10.1. The van der Waals surface area contributed by atoms with Gasteiger partial charge in [0.05, 0.1) is 18.3 Å². The second-order valence-electron chi connectivity index (χ2n) is 8.30. The summed E-state index contributed by atoms with van der Waals surface area (Å²) >= 11 is 0. The normalized spacial score (nSPS) is 11.3. The minimum absolute atomic E-state index is 0.0748. The van der Waals surface area contributed by atoms with Crippen LogP contribution in [0.3, 0.4) is 0 Å². The molecular weight excluding hydrogens is 396 g/mol. The Morgan fingerprint density at radius 3 is 1.88 bits per heavy atom. The Hall–Kier alpha value is -2.73. The summed E-state index contributed by atoms with van der Waals surface area (Å²) in [6.07, 6.45) is 11.1. The first-order valence-electron chi connectivity index (χ1n) is 12.2. The summed E-state index contributed by atoms with van der Waals surface area (Å²) in [5, 5.41) is 0. The first-order valence-corrected chi connectivity index (χ1v) is 12.2. The molecule has 0 saturated heterocycles. The summed E-state index contributed by atoms with van der Waals surface area (Å²) in [5.74, 6) is 6.90. The van der Waals surface area contributed by atoms with E-state index >= 15 is 0 Å². The van der Waals surface area contributed by atoms with Crippen molar-refractivity contribution in [2.45, 2.75) is 84.7 Å². The standard InChI is InChI=1S/C29H38O3/c1-4-6-7-8-9-10-11-12-23-31-28-21-17-26(18-22-28)14-13-25-15-19-27(20-16-25)29(30)32-24(3)5-2/h15-22,24H,4-12,23H2,1-3H3/t24-/m0/s1. The van der Waals surface area contributed by atoms with Crippen LogP contribution in [0.5, 0.6) is 5.75 Å². The van der Waals surface area contributed by atoms with Crippen molar-refractivity contribution in [2.24, 2.45) is 0 Å². The molecule has 3 heteroatoms. The molecule has 32 heavy (non-hydrogen) atoms. The Morgan fingerprint density at radius 1 is 0.781 bits per heavy atom. The molecule has 0 bridgehead atoms. The van der Waals surface area contributed by atoms with E-state index in [0.717, 1.165) is 36.3 Å². The highest BCUT2D eigenvalue weighted by molar-refractivity contribution is 5.89. The van der Waals surface area contributed by atoms with Crippen LogP contribution in [0.2, 0.25) is 0 Å². The summed E-state index contributed by atoms with van der Waals surface area (Å²) in [6.45, 7) is 6.91. The van der Waals surface area contributed by atoms with Gasteiger partial charge in [0.2, 0.25) is 0 Å². The Balaban J connectivity index is 1.72. The molecule has 2 aromatic carbocycles. The number of benzene rings is 2. The highest BCUT2D eigenvalue weighted by atomic mass is 16.5. The Bertz CT molecular complexity index is 841. The lowest BCUT2D eigenvalue weighted by molar-refractivity contribution is 0.0334. The van der Waals surface area contributed by atoms with Gasteiger partial charge in [-0.05, 0) is 68.3 Å². The van der Waals surface area contributed by atoms with Crippen molar-refractivity contribution >= 4 is 5.97 Å². The third-order valence-electron chi connectivity index (χ3n) is 5.48. The maximum atomic E-state index is 12.0. The molecule has 0 heterocycles. The van der Waals surface area contributed by atoms with Crippen molar-refractivity contribution < 1.29 is 14.3 Å². The van der Waals surface area contributed by atoms with Gasteiger partial charge in [-0.1, -0.05) is 70.6 Å². The SMILES string of the molecule is CCCCCCCCCCOc1ccc(C#Cc2ccc(C(=O)O[C@@H](C)CC)cc2)cc1. The van der Waals surface area contributed by atoms with E-state index in [-0.39, 0.29) is 12.1 Å². The predicted octanol–water partition coefficient (Wildman–Crippen LogP) is 7.56. The van der Waals surface area contributed by atoms with E-state index in [2.05, 4.69) is 18.8 Å². The first-order chi connectivity index (χ1) is 15.6. The molecule has 1 atom stereocenters. The van der Waals surface area contributed by atoms with Crippen molar-refractivity contribution in [3.05, 3.63) is 65.2 Å². The van der Waals surface area contributed by atoms with Gasteiger partial charge in [-0.25, -0.2) is 4.79 Å². The topological polar surface area (TPSA) is 35.5 Å². The average Bonchev–Trinajstić information content (AvgIpc) is 2.82. The highest BCUT2D eigenvalue weighted by Crippen LogP contribution is 2.14. The van der Waals surface area contributed by atoms with Gasteiger partial charge < -0.3 is 9.47 Å². The maximum absolute atomic E-state index is 12.0. The van der Waals surface area contributed by atoms with E-state index in [1.54, 1.807) is 12.1 Å². The summed E-state index contributed by atoms with van der Waals surface area (Å²) in [4.78, 5) is 12.0. The second kappa shape index (κ2) is 15.1. The molecule has 3 nitrogen and oxygen atoms in total. The Kier molecular flexibility index (Phi) is 12.1. The summed E-state index contributed by atoms with van der Waals surface area (Å²) in [6, 6.07) is 15.1. The van der Waals surface area contributed by atoms with Gasteiger partial charge >= 0.3 is 5.97 Å². The van der Waals surface area contributed by atoms with E-state index < -0.39 is 0 Å². The Morgan fingerprint density at radius 2 is 1.31 bits per heavy atom. The minimum atomic E-state index is -0.290. The molecule has 0 saturated carbocycles. The fraction of sp³-hybridized carbons (Fsp3) is 0.483. The van der Waals surface area contributed by atoms with Gasteiger partial charge in [-0.15, -0.1) is 0 Å². The molecular formula is C29H38O3. The molecule has 0 fully saturated rings. The zero-order chi connectivity index (χ0) is 23.0. The van der Waals surface area contributed by atoms with Crippen molar-refractivity contribution in [1.82, 2.24) is 0 Å². The highest BCUT2D eigenvalue weighted by Gasteiger charge is 2.10. The molecule has 2 rings (SSSR count). The number of ether oxygens (including phenoxy) is 2. The van der Waals surface area contributed by atoms with Crippen LogP contribution < -0.4 is 4.74 Å². The van der Waals surface area contributed by atoms with E-state index in [4.69, 9.17) is 9.47 Å². The number of hydrogen-bond acceptors (Lipinski definition) is 3. The van der Waals surface area contributed by atoms with Gasteiger partial charge in [0.1, 0.15) is 5.75 Å². The van der Waals surface area contributed by atoms with Crippen LogP contribution in [0.1, 0.15) is 100 Å². The lowest BCUT2D eigenvalue weighted by Gasteiger charge is -2.10. The van der Waals surface area contributed by atoms with Gasteiger partial charge in [0, 0.05) is 11.1 Å². The molecule has 172 valence electrons. The predicted molar refractivity (Wildman–Crippen MR) is 132 cm³/mol. The number of rotatable bonds is 13. The fourth-order valence-corrected chi connectivity index (χ4v) is 3.23. The van der Waals surface area contributed by atoms with E-state index in [1.165, 1.54) is 44.9 Å². The average molecular weight is 435 g/mol. The molecule has 0 aromatic heterocycles. The van der Waals surface area contributed by atoms with Crippen molar-refractivity contribution in [3.8, 4) is 17.6 Å². The smallest absolute Gasteiger partial charge is 0.338 e. The molecule has 0 spiro atoms. The molecule has 0 radical (unpaired) electrons. The van der Waals surface area contributed by atoms with E-state index in [1.807, 2.05) is 50.2 Å². The van der Waals surface area contributed by atoms with Crippen molar-refractivity contribution in [2.75, 3.05) is 6.61 Å². The maximum Gasteiger partial charge on any atom is 0.338 e. The second-order valence-corrected chi connectivity index (χ2v) is 8.30. The lowest BCUT2D eigenvalue weighted by Crippen LogP contribution is -2.13. The van der Waals surface area contributed by atoms with E-state index in [9.17, 15) is 4.79 Å². The van der Waals surface area contributed by atoms with Crippen LogP contribution in [-0.4, -0.2) is 18.7 Å². The first kappa shape index (κ1) is 25.5. The van der Waals surface area contributed by atoms with Crippen LogP contribution in [0.4, 0.5) is 0 Å². The molecule has 0 N–H and O–H groups in total. The summed E-state index contributed by atoms with van der Waals surface area (Å²) in [5.41, 5.74) is 2.35. The van der Waals surface area contributed by atoms with Crippen molar-refractivity contribution in [1.29, 1.82) is 0 Å². The molecule has 2 aromatic rings. The fourth-order valence-electron chi connectivity index (χ4n) is 3.23. The number of hydrogen-bond donors (Lipinski definition) is 0. The van der Waals surface area contributed by atoms with Crippen LogP contribution in [-0.2, 0) is 4.74 Å². The molecule has 0 unspecified atom stereocenters. The molecule has 0 amide bonds. The van der Waals surface area contributed by atoms with Gasteiger partial charge in [-0.2, -0.15) is 0 Å². The zero-order valence-electron chi connectivity index (χ0n) is 20.0. The molecule has 0 aliphatic carbocycles. The van der Waals surface area contributed by atoms with Gasteiger partial charge in [0.15, 0.2) is 0 Å². The largest absolute Gasteiger partial charge is 0.494 e. The monoisotopic (exact) mass is 434 g/mol. The van der Waals surface area contributed by atoms with Crippen LogP contribution in [0.25, 0.3) is 0 Å². The quantitative estimate of drug-likeness (QED) is 0.185. The number of carbonyl (C=O) groups is 1. The molecule has 0 aliphatic heterocycles. The summed E-state index contributed by atoms with van der Waals surface area (Å²) < 4.78 is 11.2.